The summed E-state index contributed by atoms with van der Waals surface area (Å²) in [5.74, 6) is 0.554. The van der Waals surface area contributed by atoms with Gasteiger partial charge in [-0.05, 0) is 55.3 Å². The molecule has 1 amide bonds. The van der Waals surface area contributed by atoms with Crippen molar-refractivity contribution in [3.05, 3.63) is 56.5 Å². The van der Waals surface area contributed by atoms with Crippen molar-refractivity contribution in [2.24, 2.45) is 0 Å². The Kier molecular flexibility index (Phi) is 7.28. The number of rotatable bonds is 6. The van der Waals surface area contributed by atoms with E-state index in [1.165, 1.54) is 13.2 Å². The molecular formula is C20H18BrClN2O3. The number of aryl methyl sites for hydroxylation is 1. The van der Waals surface area contributed by atoms with E-state index < -0.39 is 5.91 Å². The van der Waals surface area contributed by atoms with Crippen LogP contribution in [0.5, 0.6) is 11.5 Å². The van der Waals surface area contributed by atoms with Crippen molar-refractivity contribution >= 4 is 45.2 Å². The molecule has 0 aliphatic rings. The third-order valence-corrected chi connectivity index (χ3v) is 4.62. The number of benzene rings is 2. The summed E-state index contributed by atoms with van der Waals surface area (Å²) >= 11 is 9.41. The van der Waals surface area contributed by atoms with E-state index in [9.17, 15) is 10.1 Å². The highest BCUT2D eigenvalue weighted by Crippen LogP contribution is 2.34. The largest absolute Gasteiger partial charge is 0.493 e. The second-order valence-electron chi connectivity index (χ2n) is 5.54. The summed E-state index contributed by atoms with van der Waals surface area (Å²) < 4.78 is 11.5. The molecule has 0 heterocycles. The van der Waals surface area contributed by atoms with Gasteiger partial charge in [0.05, 0.1) is 13.7 Å². The standard InChI is InChI=1S/C20H18BrClN2O3/c1-4-27-19-10-16(21)13(8-18(19)26-3)7-14(11-23)20(25)24-17-9-15(22)6-5-12(17)2/h5-10H,4H2,1-3H3,(H,24,25)/b14-7+. The van der Waals surface area contributed by atoms with E-state index in [2.05, 4.69) is 21.2 Å². The van der Waals surface area contributed by atoms with Gasteiger partial charge in [0.2, 0.25) is 0 Å². The molecule has 5 nitrogen and oxygen atoms in total. The molecule has 2 aromatic carbocycles. The van der Waals surface area contributed by atoms with Crippen molar-refractivity contribution in [2.75, 3.05) is 19.0 Å². The van der Waals surface area contributed by atoms with Crippen LogP contribution in [0.25, 0.3) is 6.08 Å². The minimum atomic E-state index is -0.525. The van der Waals surface area contributed by atoms with Gasteiger partial charge in [0.1, 0.15) is 11.6 Å². The van der Waals surface area contributed by atoms with E-state index in [4.69, 9.17) is 21.1 Å². The van der Waals surface area contributed by atoms with Crippen LogP contribution in [-0.2, 0) is 4.79 Å². The van der Waals surface area contributed by atoms with E-state index >= 15 is 0 Å². The smallest absolute Gasteiger partial charge is 0.266 e. The van der Waals surface area contributed by atoms with Crippen LogP contribution in [0.4, 0.5) is 5.69 Å². The summed E-state index contributed by atoms with van der Waals surface area (Å²) in [5, 5.41) is 12.7. The van der Waals surface area contributed by atoms with Crippen LogP contribution in [0.2, 0.25) is 5.02 Å². The lowest BCUT2D eigenvalue weighted by atomic mass is 10.1. The fraction of sp³-hybridized carbons (Fsp3) is 0.200. The minimum absolute atomic E-state index is 0.0544. The van der Waals surface area contributed by atoms with Crippen molar-refractivity contribution < 1.29 is 14.3 Å². The molecule has 2 rings (SSSR count). The minimum Gasteiger partial charge on any atom is -0.493 e. The average Bonchev–Trinajstić information content (AvgIpc) is 2.64. The van der Waals surface area contributed by atoms with Gasteiger partial charge in [-0.25, -0.2) is 0 Å². The summed E-state index contributed by atoms with van der Waals surface area (Å²) in [6.07, 6.45) is 1.48. The maximum atomic E-state index is 12.5. The number of nitriles is 1. The molecule has 0 saturated heterocycles. The molecule has 0 fully saturated rings. The molecule has 0 aromatic heterocycles. The highest BCUT2D eigenvalue weighted by molar-refractivity contribution is 9.10. The zero-order chi connectivity index (χ0) is 20.0. The number of nitrogens with zero attached hydrogens (tertiary/aromatic N) is 1. The van der Waals surface area contributed by atoms with Gasteiger partial charge in [0, 0.05) is 15.2 Å². The molecule has 0 aliphatic heterocycles. The van der Waals surface area contributed by atoms with Gasteiger partial charge in [-0.2, -0.15) is 5.26 Å². The quantitative estimate of drug-likeness (QED) is 0.476. The Bertz CT molecular complexity index is 936. The molecule has 0 aliphatic carbocycles. The first-order valence-electron chi connectivity index (χ1n) is 8.09. The number of carbonyl (C=O) groups excluding carboxylic acids is 1. The molecule has 0 radical (unpaired) electrons. The van der Waals surface area contributed by atoms with Gasteiger partial charge in [-0.1, -0.05) is 33.6 Å². The van der Waals surface area contributed by atoms with E-state index in [-0.39, 0.29) is 5.57 Å². The predicted octanol–water partition coefficient (Wildman–Crippen LogP) is 5.36. The summed E-state index contributed by atoms with van der Waals surface area (Å²) in [4.78, 5) is 12.5. The number of amides is 1. The van der Waals surface area contributed by atoms with Crippen LogP contribution in [0, 0.1) is 18.3 Å². The Morgan fingerprint density at radius 2 is 2.07 bits per heavy atom. The molecule has 0 spiro atoms. The van der Waals surface area contributed by atoms with E-state index in [1.807, 2.05) is 19.9 Å². The molecule has 0 bridgehead atoms. The Hall–Kier alpha value is -2.49. The normalized spacial score (nSPS) is 10.9. The molecule has 140 valence electrons. The second kappa shape index (κ2) is 9.45. The van der Waals surface area contributed by atoms with Crippen molar-refractivity contribution in [1.29, 1.82) is 5.26 Å². The average molecular weight is 450 g/mol. The number of hydrogen-bond donors (Lipinski definition) is 1. The number of methoxy groups -OCH3 is 1. The third-order valence-electron chi connectivity index (χ3n) is 3.70. The number of anilines is 1. The highest BCUT2D eigenvalue weighted by atomic mass is 79.9. The van der Waals surface area contributed by atoms with Crippen LogP contribution >= 0.6 is 27.5 Å². The van der Waals surface area contributed by atoms with Gasteiger partial charge < -0.3 is 14.8 Å². The zero-order valence-corrected chi connectivity index (χ0v) is 17.4. The van der Waals surface area contributed by atoms with Gasteiger partial charge in [0.25, 0.3) is 5.91 Å². The highest BCUT2D eigenvalue weighted by Gasteiger charge is 2.14. The molecule has 27 heavy (non-hydrogen) atoms. The molecule has 2 aromatic rings. The van der Waals surface area contributed by atoms with Gasteiger partial charge >= 0.3 is 0 Å². The van der Waals surface area contributed by atoms with Gasteiger partial charge in [0.15, 0.2) is 11.5 Å². The summed E-state index contributed by atoms with van der Waals surface area (Å²) in [6.45, 7) is 4.20. The van der Waals surface area contributed by atoms with E-state index in [0.717, 1.165) is 5.56 Å². The number of ether oxygens (including phenoxy) is 2. The second-order valence-corrected chi connectivity index (χ2v) is 6.83. The molecule has 1 N–H and O–H groups in total. The zero-order valence-electron chi connectivity index (χ0n) is 15.1. The third kappa shape index (κ3) is 5.25. The number of halogens is 2. The Morgan fingerprint density at radius 1 is 1.33 bits per heavy atom. The monoisotopic (exact) mass is 448 g/mol. The fourth-order valence-corrected chi connectivity index (χ4v) is 2.92. The number of hydrogen-bond acceptors (Lipinski definition) is 4. The number of carbonyl (C=O) groups is 1. The van der Waals surface area contributed by atoms with Crippen LogP contribution < -0.4 is 14.8 Å². The van der Waals surface area contributed by atoms with Crippen LogP contribution in [-0.4, -0.2) is 19.6 Å². The number of nitrogens with one attached hydrogen (secondary N) is 1. The van der Waals surface area contributed by atoms with Gasteiger partial charge in [-0.3, -0.25) is 4.79 Å². The molecule has 0 atom stereocenters. The van der Waals surface area contributed by atoms with Crippen LogP contribution in [0.3, 0.4) is 0 Å². The maximum Gasteiger partial charge on any atom is 0.266 e. The van der Waals surface area contributed by atoms with Crippen molar-refractivity contribution in [3.63, 3.8) is 0 Å². The van der Waals surface area contributed by atoms with E-state index in [1.54, 1.807) is 30.3 Å². The summed E-state index contributed by atoms with van der Waals surface area (Å²) in [7, 11) is 1.53. The molecule has 0 saturated carbocycles. The van der Waals surface area contributed by atoms with Crippen LogP contribution in [0.15, 0.2) is 40.4 Å². The predicted molar refractivity (Wildman–Crippen MR) is 110 cm³/mol. The topological polar surface area (TPSA) is 71.3 Å². The molecule has 7 heteroatoms. The Morgan fingerprint density at radius 3 is 2.70 bits per heavy atom. The van der Waals surface area contributed by atoms with E-state index in [0.29, 0.717) is 38.9 Å². The molecular weight excluding hydrogens is 432 g/mol. The Labute approximate surface area is 171 Å². The first-order chi connectivity index (χ1) is 12.9. The maximum absolute atomic E-state index is 12.5. The lowest BCUT2D eigenvalue weighted by Crippen LogP contribution is -2.14. The van der Waals surface area contributed by atoms with Crippen molar-refractivity contribution in [2.45, 2.75) is 13.8 Å². The van der Waals surface area contributed by atoms with Crippen LogP contribution in [0.1, 0.15) is 18.1 Å². The SMILES string of the molecule is CCOc1cc(Br)c(/C=C(\C#N)C(=O)Nc2cc(Cl)ccc2C)cc1OC. The van der Waals surface area contributed by atoms with Crippen molar-refractivity contribution in [1.82, 2.24) is 0 Å². The van der Waals surface area contributed by atoms with Crippen molar-refractivity contribution in [3.8, 4) is 17.6 Å². The molecule has 0 unspecified atom stereocenters. The summed E-state index contributed by atoms with van der Waals surface area (Å²) in [6, 6.07) is 10.5. The summed E-state index contributed by atoms with van der Waals surface area (Å²) in [5.41, 5.74) is 1.96. The van der Waals surface area contributed by atoms with Gasteiger partial charge in [-0.15, -0.1) is 0 Å². The lowest BCUT2D eigenvalue weighted by molar-refractivity contribution is -0.112. The first kappa shape index (κ1) is 20.8. The fourth-order valence-electron chi connectivity index (χ4n) is 2.31. The first-order valence-corrected chi connectivity index (χ1v) is 9.26. The lowest BCUT2D eigenvalue weighted by Gasteiger charge is -2.12. The Balaban J connectivity index is 2.36.